The highest BCUT2D eigenvalue weighted by Gasteiger charge is 2.16. The zero-order valence-electron chi connectivity index (χ0n) is 10.2. The van der Waals surface area contributed by atoms with Crippen molar-refractivity contribution in [3.8, 4) is 0 Å². The number of carbonyl (C=O) groups is 1. The van der Waals surface area contributed by atoms with E-state index in [2.05, 4.69) is 10.6 Å². The van der Waals surface area contributed by atoms with Crippen LogP contribution in [0, 0.1) is 11.6 Å². The highest BCUT2D eigenvalue weighted by Crippen LogP contribution is 2.12. The van der Waals surface area contributed by atoms with Gasteiger partial charge >= 0.3 is 0 Å². The third-order valence-electron chi connectivity index (χ3n) is 2.82. The summed E-state index contributed by atoms with van der Waals surface area (Å²) in [7, 11) is 0. The van der Waals surface area contributed by atoms with E-state index < -0.39 is 23.1 Å². The Bertz CT molecular complexity index is 471. The molecule has 0 aliphatic carbocycles. The molecule has 1 aliphatic rings. The van der Waals surface area contributed by atoms with E-state index in [1.165, 1.54) is 6.07 Å². The number of carbonyl (C=O) groups excluding carboxylic acids is 1. The molecule has 19 heavy (non-hydrogen) atoms. The van der Waals surface area contributed by atoms with Gasteiger partial charge in [0.05, 0.1) is 0 Å². The van der Waals surface area contributed by atoms with Crippen LogP contribution in [0.25, 0.3) is 0 Å². The fourth-order valence-corrected chi connectivity index (χ4v) is 1.83. The third kappa shape index (κ3) is 4.01. The predicted molar refractivity (Wildman–Crippen MR) is 71.5 cm³/mol. The molecule has 2 N–H and O–H groups in total. The first-order valence-corrected chi connectivity index (χ1v) is 5.79. The maximum absolute atomic E-state index is 13.3. The summed E-state index contributed by atoms with van der Waals surface area (Å²) in [6.45, 7) is 1.95. The van der Waals surface area contributed by atoms with Crippen LogP contribution in [-0.4, -0.2) is 25.5 Å². The SMILES string of the molecule is Cl.O=C(NCC1=CCNCC1)c1c(F)cccc1F. The molecule has 104 valence electrons. The average molecular weight is 289 g/mol. The third-order valence-corrected chi connectivity index (χ3v) is 2.82. The standard InChI is InChI=1S/C13H14F2N2O.ClH/c14-10-2-1-3-11(15)12(10)13(18)17-8-9-4-6-16-7-5-9;/h1-4,16H,5-8H2,(H,17,18);1H. The van der Waals surface area contributed by atoms with Crippen LogP contribution in [0.2, 0.25) is 0 Å². The Balaban J connectivity index is 0.00000180. The van der Waals surface area contributed by atoms with Gasteiger partial charge in [-0.15, -0.1) is 12.4 Å². The van der Waals surface area contributed by atoms with E-state index >= 15 is 0 Å². The molecule has 0 aromatic heterocycles. The van der Waals surface area contributed by atoms with E-state index in [-0.39, 0.29) is 12.4 Å². The van der Waals surface area contributed by atoms with Gasteiger partial charge in [0.25, 0.3) is 5.91 Å². The maximum Gasteiger partial charge on any atom is 0.257 e. The number of hydrogen-bond acceptors (Lipinski definition) is 2. The van der Waals surface area contributed by atoms with Crippen molar-refractivity contribution in [2.45, 2.75) is 6.42 Å². The lowest BCUT2D eigenvalue weighted by Crippen LogP contribution is -2.30. The van der Waals surface area contributed by atoms with Crippen molar-refractivity contribution in [2.75, 3.05) is 19.6 Å². The van der Waals surface area contributed by atoms with Crippen LogP contribution < -0.4 is 10.6 Å². The van der Waals surface area contributed by atoms with Crippen molar-refractivity contribution in [1.82, 2.24) is 10.6 Å². The van der Waals surface area contributed by atoms with Gasteiger partial charge in [-0.1, -0.05) is 17.7 Å². The molecule has 1 aliphatic heterocycles. The summed E-state index contributed by atoms with van der Waals surface area (Å²) in [5.74, 6) is -2.40. The van der Waals surface area contributed by atoms with E-state index in [1.807, 2.05) is 6.08 Å². The molecule has 1 heterocycles. The minimum atomic E-state index is -0.841. The lowest BCUT2D eigenvalue weighted by atomic mass is 10.1. The molecule has 0 bridgehead atoms. The molecule has 0 radical (unpaired) electrons. The van der Waals surface area contributed by atoms with Gasteiger partial charge in [0, 0.05) is 13.1 Å². The molecule has 0 saturated heterocycles. The summed E-state index contributed by atoms with van der Waals surface area (Å²) in [6, 6.07) is 3.38. The van der Waals surface area contributed by atoms with E-state index in [0.717, 1.165) is 37.2 Å². The number of nitrogens with one attached hydrogen (secondary N) is 2. The molecule has 1 aromatic rings. The number of benzene rings is 1. The summed E-state index contributed by atoms with van der Waals surface area (Å²) < 4.78 is 26.7. The van der Waals surface area contributed by atoms with Crippen molar-refractivity contribution >= 4 is 18.3 Å². The molecular formula is C13H15ClF2N2O. The Morgan fingerprint density at radius 3 is 2.58 bits per heavy atom. The van der Waals surface area contributed by atoms with Crippen LogP contribution in [0.5, 0.6) is 0 Å². The molecule has 1 aromatic carbocycles. The van der Waals surface area contributed by atoms with Crippen LogP contribution in [0.15, 0.2) is 29.8 Å². The molecule has 0 atom stereocenters. The van der Waals surface area contributed by atoms with Gasteiger partial charge in [0.1, 0.15) is 17.2 Å². The van der Waals surface area contributed by atoms with Crippen molar-refractivity contribution in [2.24, 2.45) is 0 Å². The van der Waals surface area contributed by atoms with Crippen LogP contribution >= 0.6 is 12.4 Å². The zero-order valence-corrected chi connectivity index (χ0v) is 11.0. The Hall–Kier alpha value is -1.46. The summed E-state index contributed by atoms with van der Waals surface area (Å²) in [5, 5.41) is 5.68. The summed E-state index contributed by atoms with van der Waals surface area (Å²) in [4.78, 5) is 11.7. The first-order chi connectivity index (χ1) is 8.68. The Morgan fingerprint density at radius 2 is 2.00 bits per heavy atom. The van der Waals surface area contributed by atoms with Gasteiger partial charge in [0.2, 0.25) is 0 Å². The van der Waals surface area contributed by atoms with E-state index in [4.69, 9.17) is 0 Å². The molecule has 0 fully saturated rings. The molecule has 2 rings (SSSR count). The smallest absolute Gasteiger partial charge is 0.257 e. The lowest BCUT2D eigenvalue weighted by molar-refractivity contribution is 0.0948. The van der Waals surface area contributed by atoms with Crippen molar-refractivity contribution < 1.29 is 13.6 Å². The fraction of sp³-hybridized carbons (Fsp3) is 0.308. The largest absolute Gasteiger partial charge is 0.348 e. The molecule has 1 amide bonds. The number of hydrogen-bond donors (Lipinski definition) is 2. The minimum Gasteiger partial charge on any atom is -0.348 e. The second-order valence-corrected chi connectivity index (χ2v) is 4.10. The second-order valence-electron chi connectivity index (χ2n) is 4.10. The molecule has 3 nitrogen and oxygen atoms in total. The first kappa shape index (κ1) is 15.6. The molecular weight excluding hydrogens is 274 g/mol. The van der Waals surface area contributed by atoms with E-state index in [1.54, 1.807) is 0 Å². The lowest BCUT2D eigenvalue weighted by Gasteiger charge is -2.14. The summed E-state index contributed by atoms with van der Waals surface area (Å²) in [5.41, 5.74) is 0.547. The van der Waals surface area contributed by atoms with Crippen LogP contribution in [-0.2, 0) is 0 Å². The van der Waals surface area contributed by atoms with Crippen LogP contribution in [0.3, 0.4) is 0 Å². The fourth-order valence-electron chi connectivity index (χ4n) is 1.83. The van der Waals surface area contributed by atoms with Gasteiger partial charge in [-0.3, -0.25) is 4.79 Å². The monoisotopic (exact) mass is 288 g/mol. The Morgan fingerprint density at radius 1 is 1.32 bits per heavy atom. The normalized spacial score (nSPS) is 14.3. The molecule has 0 unspecified atom stereocenters. The topological polar surface area (TPSA) is 41.1 Å². The Labute approximate surface area is 116 Å². The highest BCUT2D eigenvalue weighted by atomic mass is 35.5. The van der Waals surface area contributed by atoms with Gasteiger partial charge in [-0.2, -0.15) is 0 Å². The molecule has 0 spiro atoms. The van der Waals surface area contributed by atoms with Gasteiger partial charge < -0.3 is 10.6 Å². The summed E-state index contributed by atoms with van der Waals surface area (Å²) in [6.07, 6.45) is 2.81. The van der Waals surface area contributed by atoms with Gasteiger partial charge in [-0.25, -0.2) is 8.78 Å². The van der Waals surface area contributed by atoms with E-state index in [9.17, 15) is 13.6 Å². The van der Waals surface area contributed by atoms with Crippen molar-refractivity contribution in [3.63, 3.8) is 0 Å². The number of amides is 1. The van der Waals surface area contributed by atoms with Crippen LogP contribution in [0.4, 0.5) is 8.78 Å². The summed E-state index contributed by atoms with van der Waals surface area (Å²) >= 11 is 0. The van der Waals surface area contributed by atoms with Crippen molar-refractivity contribution in [1.29, 1.82) is 0 Å². The van der Waals surface area contributed by atoms with Crippen molar-refractivity contribution in [3.05, 3.63) is 47.0 Å². The van der Waals surface area contributed by atoms with Gasteiger partial charge in [0.15, 0.2) is 0 Å². The van der Waals surface area contributed by atoms with E-state index in [0.29, 0.717) is 6.54 Å². The predicted octanol–water partition coefficient (Wildman–Crippen LogP) is 2.04. The van der Waals surface area contributed by atoms with Crippen LogP contribution in [0.1, 0.15) is 16.8 Å². The Kier molecular flexibility index (Phi) is 5.92. The highest BCUT2D eigenvalue weighted by molar-refractivity contribution is 5.94. The molecule has 0 saturated carbocycles. The first-order valence-electron chi connectivity index (χ1n) is 5.79. The number of halogens is 3. The minimum absolute atomic E-state index is 0. The quantitative estimate of drug-likeness (QED) is 0.836. The molecule has 6 heteroatoms. The number of rotatable bonds is 3. The van der Waals surface area contributed by atoms with Gasteiger partial charge in [-0.05, 0) is 25.1 Å². The average Bonchev–Trinajstić information content (AvgIpc) is 2.37. The zero-order chi connectivity index (χ0) is 13.0. The maximum atomic E-state index is 13.3. The second kappa shape index (κ2) is 7.21.